The third-order valence-electron chi connectivity index (χ3n) is 2.34. The third-order valence-corrected chi connectivity index (χ3v) is 7.01. The molecular formula is C9H22OSi. The Kier molecular flexibility index (Phi) is 3.33. The molecule has 0 fully saturated rings. The van der Waals surface area contributed by atoms with Gasteiger partial charge in [0.25, 0.3) is 0 Å². The lowest BCUT2D eigenvalue weighted by Crippen LogP contribution is -2.42. The average molecular weight is 174 g/mol. The summed E-state index contributed by atoms with van der Waals surface area (Å²) in [6.07, 6.45) is 0.371. The van der Waals surface area contributed by atoms with Crippen molar-refractivity contribution in [3.8, 4) is 0 Å². The monoisotopic (exact) mass is 174 g/mol. The summed E-state index contributed by atoms with van der Waals surface area (Å²) in [5.74, 6) is 0. The molecule has 0 aliphatic carbocycles. The first-order valence-electron chi connectivity index (χ1n) is 4.34. The van der Waals surface area contributed by atoms with Crippen LogP contribution >= 0.6 is 0 Å². The maximum absolute atomic E-state index is 5.94. The second-order valence-electron chi connectivity index (χ2n) is 4.93. The molecule has 0 unspecified atom stereocenters. The highest BCUT2D eigenvalue weighted by atomic mass is 28.4. The predicted molar refractivity (Wildman–Crippen MR) is 53.4 cm³/mol. The molecule has 0 spiro atoms. The van der Waals surface area contributed by atoms with Crippen LogP contribution in [0.2, 0.25) is 18.1 Å². The van der Waals surface area contributed by atoms with Gasteiger partial charge in [-0.2, -0.15) is 0 Å². The zero-order valence-electron chi connectivity index (χ0n) is 8.99. The molecular weight excluding hydrogens is 152 g/mol. The Hall–Kier alpha value is 0.177. The molecule has 0 aliphatic heterocycles. The third kappa shape index (κ3) is 3.39. The van der Waals surface area contributed by atoms with E-state index in [9.17, 15) is 0 Å². The van der Waals surface area contributed by atoms with Crippen LogP contribution in [0.1, 0.15) is 34.6 Å². The Morgan fingerprint density at radius 3 is 1.55 bits per heavy atom. The Bertz CT molecular complexity index is 122. The van der Waals surface area contributed by atoms with Gasteiger partial charge in [-0.3, -0.25) is 0 Å². The van der Waals surface area contributed by atoms with Crippen LogP contribution in [-0.4, -0.2) is 14.4 Å². The Morgan fingerprint density at radius 2 is 1.45 bits per heavy atom. The van der Waals surface area contributed by atoms with Crippen LogP contribution in [0.3, 0.4) is 0 Å². The van der Waals surface area contributed by atoms with Crippen LogP contribution in [0.15, 0.2) is 0 Å². The van der Waals surface area contributed by atoms with Crippen LogP contribution in [0.4, 0.5) is 0 Å². The van der Waals surface area contributed by atoms with Crippen LogP contribution in [0.25, 0.3) is 0 Å². The number of hydrogen-bond donors (Lipinski definition) is 0. The fourth-order valence-electron chi connectivity index (χ4n) is 0.766. The molecule has 0 saturated heterocycles. The van der Waals surface area contributed by atoms with E-state index in [1.54, 1.807) is 0 Å². The van der Waals surface area contributed by atoms with E-state index in [-0.39, 0.29) is 0 Å². The summed E-state index contributed by atoms with van der Waals surface area (Å²) in [5, 5.41) is 0.345. The van der Waals surface area contributed by atoms with E-state index in [0.717, 1.165) is 0 Å². The van der Waals surface area contributed by atoms with Crippen molar-refractivity contribution in [2.24, 2.45) is 0 Å². The Morgan fingerprint density at radius 1 is 1.09 bits per heavy atom. The summed E-state index contributed by atoms with van der Waals surface area (Å²) in [7, 11) is -1.47. The van der Waals surface area contributed by atoms with E-state index in [2.05, 4.69) is 47.7 Å². The molecule has 68 valence electrons. The van der Waals surface area contributed by atoms with Gasteiger partial charge in [0.15, 0.2) is 8.32 Å². The van der Waals surface area contributed by atoms with E-state index in [1.165, 1.54) is 0 Å². The fourth-order valence-corrected chi connectivity index (χ4v) is 2.30. The minimum atomic E-state index is -1.47. The fraction of sp³-hybridized carbons (Fsp3) is 1.00. The zero-order chi connectivity index (χ0) is 9.28. The van der Waals surface area contributed by atoms with Crippen molar-refractivity contribution in [3.63, 3.8) is 0 Å². The van der Waals surface area contributed by atoms with E-state index in [1.807, 2.05) is 0 Å². The highest BCUT2D eigenvalue weighted by molar-refractivity contribution is 6.74. The smallest absolute Gasteiger partial charge is 0.192 e. The van der Waals surface area contributed by atoms with Gasteiger partial charge in [0, 0.05) is 6.10 Å². The van der Waals surface area contributed by atoms with Crippen LogP contribution in [0.5, 0.6) is 0 Å². The molecule has 0 bridgehead atoms. The summed E-state index contributed by atoms with van der Waals surface area (Å²) < 4.78 is 5.94. The SMILES string of the molecule is CC(C)O[Si](C)(C)C(C)(C)C. The summed E-state index contributed by atoms with van der Waals surface area (Å²) in [6.45, 7) is 15.6. The molecule has 0 aromatic carbocycles. The lowest BCUT2D eigenvalue weighted by molar-refractivity contribution is 0.218. The molecule has 2 heteroatoms. The normalized spacial score (nSPS) is 14.2. The van der Waals surface area contributed by atoms with Crippen molar-refractivity contribution in [2.75, 3.05) is 0 Å². The topological polar surface area (TPSA) is 9.23 Å². The minimum Gasteiger partial charge on any atom is -0.415 e. The van der Waals surface area contributed by atoms with Gasteiger partial charge >= 0.3 is 0 Å². The van der Waals surface area contributed by atoms with Gasteiger partial charge in [-0.1, -0.05) is 20.8 Å². The van der Waals surface area contributed by atoms with E-state index < -0.39 is 8.32 Å². The molecule has 0 aliphatic rings. The Labute approximate surface area is 72.3 Å². The first kappa shape index (κ1) is 11.2. The molecule has 1 nitrogen and oxygen atoms in total. The first-order chi connectivity index (χ1) is 4.67. The van der Waals surface area contributed by atoms with Crippen LogP contribution in [0, 0.1) is 0 Å². The first-order valence-corrected chi connectivity index (χ1v) is 7.25. The van der Waals surface area contributed by atoms with Crippen molar-refractivity contribution in [1.82, 2.24) is 0 Å². The lowest BCUT2D eigenvalue weighted by Gasteiger charge is -2.37. The zero-order valence-corrected chi connectivity index (χ0v) is 9.99. The van der Waals surface area contributed by atoms with Gasteiger partial charge < -0.3 is 4.43 Å². The molecule has 0 rings (SSSR count). The van der Waals surface area contributed by atoms with Gasteiger partial charge in [0.1, 0.15) is 0 Å². The maximum Gasteiger partial charge on any atom is 0.192 e. The van der Waals surface area contributed by atoms with Crippen LogP contribution < -0.4 is 0 Å². The molecule has 0 saturated carbocycles. The summed E-state index contributed by atoms with van der Waals surface area (Å²) in [4.78, 5) is 0. The standard InChI is InChI=1S/C9H22OSi/c1-8(2)10-11(6,7)9(3,4)5/h8H,1-7H3. The van der Waals surface area contributed by atoms with E-state index in [0.29, 0.717) is 11.1 Å². The summed E-state index contributed by atoms with van der Waals surface area (Å²) >= 11 is 0. The van der Waals surface area contributed by atoms with Crippen molar-refractivity contribution in [1.29, 1.82) is 0 Å². The van der Waals surface area contributed by atoms with Gasteiger partial charge in [0.2, 0.25) is 0 Å². The van der Waals surface area contributed by atoms with Crippen LogP contribution in [-0.2, 0) is 4.43 Å². The molecule has 0 radical (unpaired) electrons. The maximum atomic E-state index is 5.94. The summed E-state index contributed by atoms with van der Waals surface area (Å²) in [6, 6.07) is 0. The Balaban J connectivity index is 4.22. The van der Waals surface area contributed by atoms with Gasteiger partial charge in [-0.25, -0.2) is 0 Å². The van der Waals surface area contributed by atoms with Gasteiger partial charge in [0.05, 0.1) is 0 Å². The number of hydrogen-bond acceptors (Lipinski definition) is 1. The van der Waals surface area contributed by atoms with Crippen molar-refractivity contribution in [3.05, 3.63) is 0 Å². The second kappa shape index (κ2) is 3.28. The van der Waals surface area contributed by atoms with Crippen molar-refractivity contribution < 1.29 is 4.43 Å². The van der Waals surface area contributed by atoms with Gasteiger partial charge in [-0.05, 0) is 32.0 Å². The highest BCUT2D eigenvalue weighted by Crippen LogP contribution is 2.37. The van der Waals surface area contributed by atoms with Crippen molar-refractivity contribution in [2.45, 2.75) is 58.9 Å². The second-order valence-corrected chi connectivity index (χ2v) is 9.68. The average Bonchev–Trinajstić information content (AvgIpc) is 1.56. The van der Waals surface area contributed by atoms with E-state index in [4.69, 9.17) is 4.43 Å². The highest BCUT2D eigenvalue weighted by Gasteiger charge is 2.37. The molecule has 0 heterocycles. The quantitative estimate of drug-likeness (QED) is 0.583. The molecule has 0 amide bonds. The van der Waals surface area contributed by atoms with E-state index >= 15 is 0 Å². The molecule has 0 atom stereocenters. The predicted octanol–water partition coefficient (Wildman–Crippen LogP) is 3.42. The molecule has 0 aromatic heterocycles. The summed E-state index contributed by atoms with van der Waals surface area (Å²) in [5.41, 5.74) is 0. The molecule has 0 aromatic rings. The van der Waals surface area contributed by atoms with Gasteiger partial charge in [-0.15, -0.1) is 0 Å². The minimum absolute atomic E-state index is 0.345. The molecule has 11 heavy (non-hydrogen) atoms. The van der Waals surface area contributed by atoms with Crippen molar-refractivity contribution >= 4 is 8.32 Å². The molecule has 0 N–H and O–H groups in total. The number of rotatable bonds is 2. The largest absolute Gasteiger partial charge is 0.415 e. The lowest BCUT2D eigenvalue weighted by atomic mass is 10.2.